The maximum Gasteiger partial charge on any atom is 0.0988 e. The molecule has 0 bridgehead atoms. The van der Waals surface area contributed by atoms with Crippen molar-refractivity contribution in [2.45, 2.75) is 31.6 Å². The van der Waals surface area contributed by atoms with E-state index in [1.807, 2.05) is 0 Å². The van der Waals surface area contributed by atoms with Gasteiger partial charge in [0.05, 0.1) is 15.4 Å². The van der Waals surface area contributed by atoms with Crippen LogP contribution in [0.25, 0.3) is 0 Å². The van der Waals surface area contributed by atoms with Crippen molar-refractivity contribution in [2.24, 2.45) is 5.73 Å². The van der Waals surface area contributed by atoms with Gasteiger partial charge in [-0.25, -0.2) is 8.42 Å². The van der Waals surface area contributed by atoms with Crippen LogP contribution in [0.1, 0.15) is 20.3 Å². The van der Waals surface area contributed by atoms with Crippen LogP contribution < -0.4 is 5.73 Å². The fourth-order valence-corrected chi connectivity index (χ4v) is 1.17. The van der Waals surface area contributed by atoms with Crippen LogP contribution in [0, 0.1) is 0 Å². The van der Waals surface area contributed by atoms with Crippen LogP contribution in [0.5, 0.6) is 0 Å². The van der Waals surface area contributed by atoms with Crippen molar-refractivity contribution in [1.82, 2.24) is 0 Å². The molecule has 0 aromatic carbocycles. The van der Waals surface area contributed by atoms with Crippen molar-refractivity contribution in [3.8, 4) is 0 Å². The molecular weight excluding hydrogens is 154 g/mol. The predicted octanol–water partition coefficient (Wildman–Crippen LogP) is -0.343. The summed E-state index contributed by atoms with van der Waals surface area (Å²) in [7, 11) is -4.19. The molecule has 0 radical (unpaired) electrons. The molecular formula is C5H12NO3S-. The van der Waals surface area contributed by atoms with Gasteiger partial charge in [0.25, 0.3) is 0 Å². The third-order valence-electron chi connectivity index (χ3n) is 1.53. The molecule has 5 heteroatoms. The van der Waals surface area contributed by atoms with Crippen LogP contribution in [0.3, 0.4) is 0 Å². The van der Waals surface area contributed by atoms with Gasteiger partial charge >= 0.3 is 0 Å². The lowest BCUT2D eigenvalue weighted by Crippen LogP contribution is -2.37. The van der Waals surface area contributed by atoms with Crippen molar-refractivity contribution in [1.29, 1.82) is 0 Å². The molecule has 0 saturated carbocycles. The normalized spacial score (nSPS) is 18.4. The van der Waals surface area contributed by atoms with Crippen LogP contribution >= 0.6 is 0 Å². The second-order valence-corrected chi connectivity index (χ2v) is 4.00. The zero-order valence-electron chi connectivity index (χ0n) is 6.07. The molecule has 0 aliphatic carbocycles. The summed E-state index contributed by atoms with van der Waals surface area (Å²) in [6.07, 6.45) is 0.503. The van der Waals surface area contributed by atoms with Gasteiger partial charge in [0.15, 0.2) is 0 Å². The van der Waals surface area contributed by atoms with Crippen molar-refractivity contribution in [3.05, 3.63) is 0 Å². The molecule has 0 saturated heterocycles. The Hall–Kier alpha value is -0.130. The molecule has 0 aromatic rings. The first-order valence-electron chi connectivity index (χ1n) is 3.10. The first-order valence-corrected chi connectivity index (χ1v) is 4.57. The first kappa shape index (κ1) is 9.87. The fourth-order valence-electron chi connectivity index (χ4n) is 0.546. The number of hydrogen-bond acceptors (Lipinski definition) is 4. The Morgan fingerprint density at radius 2 is 2.00 bits per heavy atom. The van der Waals surface area contributed by atoms with E-state index in [4.69, 9.17) is 5.73 Å². The summed E-state index contributed by atoms with van der Waals surface area (Å²) in [5.41, 5.74) is 5.32. The van der Waals surface area contributed by atoms with Gasteiger partial charge in [-0.2, -0.15) is 0 Å². The smallest absolute Gasteiger partial charge is 0.0988 e. The summed E-state index contributed by atoms with van der Waals surface area (Å²) < 4.78 is 30.9. The number of rotatable bonds is 3. The van der Waals surface area contributed by atoms with Gasteiger partial charge in [0.1, 0.15) is 0 Å². The van der Waals surface area contributed by atoms with Gasteiger partial charge in [-0.15, -0.1) is 0 Å². The molecule has 2 atom stereocenters. The number of nitrogens with two attached hydrogens (primary N) is 1. The third kappa shape index (κ3) is 2.64. The molecule has 2 unspecified atom stereocenters. The molecule has 0 rings (SSSR count). The third-order valence-corrected chi connectivity index (χ3v) is 2.79. The first-order chi connectivity index (χ1) is 4.39. The Labute approximate surface area is 61.2 Å². The van der Waals surface area contributed by atoms with Crippen molar-refractivity contribution >= 4 is 10.1 Å². The van der Waals surface area contributed by atoms with E-state index in [-0.39, 0.29) is 0 Å². The summed E-state index contributed by atoms with van der Waals surface area (Å²) >= 11 is 0. The van der Waals surface area contributed by atoms with Crippen LogP contribution in [-0.4, -0.2) is 24.3 Å². The quantitative estimate of drug-likeness (QED) is 0.581. The Balaban J connectivity index is 4.23. The Morgan fingerprint density at radius 3 is 2.10 bits per heavy atom. The van der Waals surface area contributed by atoms with E-state index in [2.05, 4.69) is 0 Å². The maximum atomic E-state index is 10.3. The van der Waals surface area contributed by atoms with Crippen LogP contribution in [0.4, 0.5) is 0 Å². The highest BCUT2D eigenvalue weighted by Crippen LogP contribution is 2.03. The molecule has 0 fully saturated rings. The molecule has 10 heavy (non-hydrogen) atoms. The van der Waals surface area contributed by atoms with Gasteiger partial charge in [-0.3, -0.25) is 0 Å². The van der Waals surface area contributed by atoms with Gasteiger partial charge < -0.3 is 10.3 Å². The molecule has 0 spiro atoms. The summed E-state index contributed by atoms with van der Waals surface area (Å²) in [5.74, 6) is 0. The second kappa shape index (κ2) is 3.32. The van der Waals surface area contributed by atoms with Gasteiger partial charge in [0.2, 0.25) is 0 Å². The summed E-state index contributed by atoms with van der Waals surface area (Å²) in [4.78, 5) is 0. The lowest BCUT2D eigenvalue weighted by molar-refractivity contribution is 0.437. The summed E-state index contributed by atoms with van der Waals surface area (Å²) in [5, 5.41) is -0.975. The number of hydrogen-bond donors (Lipinski definition) is 1. The molecule has 0 aliphatic heterocycles. The van der Waals surface area contributed by atoms with E-state index < -0.39 is 21.4 Å². The summed E-state index contributed by atoms with van der Waals surface area (Å²) in [6.45, 7) is 3.07. The Morgan fingerprint density at radius 1 is 1.60 bits per heavy atom. The zero-order chi connectivity index (χ0) is 8.36. The minimum absolute atomic E-state index is 0.503. The molecule has 0 aromatic heterocycles. The van der Waals surface area contributed by atoms with E-state index >= 15 is 0 Å². The maximum absolute atomic E-state index is 10.3. The fraction of sp³-hybridized carbons (Fsp3) is 1.00. The van der Waals surface area contributed by atoms with Gasteiger partial charge in [-0.05, 0) is 13.3 Å². The van der Waals surface area contributed by atoms with E-state index in [1.165, 1.54) is 6.92 Å². The lowest BCUT2D eigenvalue weighted by atomic mass is 10.2. The average molecular weight is 166 g/mol. The largest absolute Gasteiger partial charge is 0.748 e. The minimum atomic E-state index is -4.19. The van der Waals surface area contributed by atoms with Crippen molar-refractivity contribution in [2.75, 3.05) is 0 Å². The van der Waals surface area contributed by atoms with E-state index in [0.717, 1.165) is 0 Å². The van der Waals surface area contributed by atoms with Crippen LogP contribution in [0.2, 0.25) is 0 Å². The molecule has 4 nitrogen and oxygen atoms in total. The Bertz CT molecular complexity index is 187. The SMILES string of the molecule is CCC(N)C(C)S(=O)(=O)[O-]. The lowest BCUT2D eigenvalue weighted by Gasteiger charge is -2.21. The van der Waals surface area contributed by atoms with Crippen LogP contribution in [0.15, 0.2) is 0 Å². The van der Waals surface area contributed by atoms with Gasteiger partial charge in [0, 0.05) is 6.04 Å². The monoisotopic (exact) mass is 166 g/mol. The van der Waals surface area contributed by atoms with Gasteiger partial charge in [-0.1, -0.05) is 6.92 Å². The molecule has 62 valence electrons. The summed E-state index contributed by atoms with van der Waals surface area (Å²) in [6, 6.07) is -0.539. The topological polar surface area (TPSA) is 83.2 Å². The highest BCUT2D eigenvalue weighted by molar-refractivity contribution is 7.86. The zero-order valence-corrected chi connectivity index (χ0v) is 6.89. The predicted molar refractivity (Wildman–Crippen MR) is 37.4 cm³/mol. The standard InChI is InChI=1S/C5H13NO3S/c1-3-5(6)4(2)10(7,8)9/h4-5H,3,6H2,1-2H3,(H,7,8,9)/p-1. The van der Waals surface area contributed by atoms with E-state index in [1.54, 1.807) is 6.92 Å². The molecule has 0 amide bonds. The molecule has 2 N–H and O–H groups in total. The van der Waals surface area contributed by atoms with E-state index in [0.29, 0.717) is 6.42 Å². The second-order valence-electron chi connectivity index (χ2n) is 2.27. The Kier molecular flexibility index (Phi) is 3.27. The van der Waals surface area contributed by atoms with E-state index in [9.17, 15) is 13.0 Å². The molecule has 0 heterocycles. The average Bonchev–Trinajstić information content (AvgIpc) is 1.83. The van der Waals surface area contributed by atoms with Crippen molar-refractivity contribution < 1.29 is 13.0 Å². The highest BCUT2D eigenvalue weighted by atomic mass is 32.2. The minimum Gasteiger partial charge on any atom is -0.748 e. The molecule has 0 aliphatic rings. The van der Waals surface area contributed by atoms with Crippen LogP contribution in [-0.2, 0) is 10.1 Å². The highest BCUT2D eigenvalue weighted by Gasteiger charge is 2.16. The van der Waals surface area contributed by atoms with Crippen molar-refractivity contribution in [3.63, 3.8) is 0 Å².